The number of carbonyl (C=O) groups excluding carboxylic acids is 1. The van der Waals surface area contributed by atoms with E-state index in [1.165, 1.54) is 11.6 Å². The molecule has 0 aromatic carbocycles. The lowest BCUT2D eigenvalue weighted by Gasteiger charge is -2.37. The van der Waals surface area contributed by atoms with Gasteiger partial charge in [-0.1, -0.05) is 0 Å². The van der Waals surface area contributed by atoms with Gasteiger partial charge in [0.15, 0.2) is 0 Å². The van der Waals surface area contributed by atoms with Gasteiger partial charge in [-0.2, -0.15) is 0 Å². The number of aromatic nitrogens is 3. The van der Waals surface area contributed by atoms with Crippen molar-refractivity contribution in [2.75, 3.05) is 39.4 Å². The predicted octanol–water partition coefficient (Wildman–Crippen LogP) is 0.0180. The third-order valence-corrected chi connectivity index (χ3v) is 5.95. The number of hydrogen-bond acceptors (Lipinski definition) is 6. The number of nitrogens with zero attached hydrogens (tertiary/aromatic N) is 5. The van der Waals surface area contributed by atoms with Crippen molar-refractivity contribution in [1.29, 1.82) is 0 Å². The summed E-state index contributed by atoms with van der Waals surface area (Å²) in [6.07, 6.45) is 2.81. The van der Waals surface area contributed by atoms with Crippen LogP contribution in [0.5, 0.6) is 0 Å². The minimum absolute atomic E-state index is 0.0939. The number of hydrogen-bond donors (Lipinski definition) is 0. The number of fused-ring (bicyclic) bond motifs is 1. The van der Waals surface area contributed by atoms with E-state index in [1.54, 1.807) is 13.1 Å². The summed E-state index contributed by atoms with van der Waals surface area (Å²) >= 11 is 0. The summed E-state index contributed by atoms with van der Waals surface area (Å²) in [4.78, 5) is 46.4. The first kappa shape index (κ1) is 19.8. The van der Waals surface area contributed by atoms with Gasteiger partial charge >= 0.3 is 5.69 Å². The fourth-order valence-electron chi connectivity index (χ4n) is 4.23. The molecule has 29 heavy (non-hydrogen) atoms. The molecule has 1 atom stereocenters. The molecule has 1 amide bonds. The van der Waals surface area contributed by atoms with E-state index < -0.39 is 5.69 Å². The molecular formula is C20H27N5O4. The van der Waals surface area contributed by atoms with Crippen molar-refractivity contribution >= 4 is 16.9 Å². The highest BCUT2D eigenvalue weighted by molar-refractivity contribution is 5.79. The number of carbonyl (C=O) groups is 1. The highest BCUT2D eigenvalue weighted by atomic mass is 16.5. The average molecular weight is 401 g/mol. The van der Waals surface area contributed by atoms with Gasteiger partial charge in [0.1, 0.15) is 5.65 Å². The topological polar surface area (TPSA) is 89.7 Å². The van der Waals surface area contributed by atoms with E-state index in [0.29, 0.717) is 37.3 Å². The number of piperidine rings is 1. The number of morpholine rings is 1. The Balaban J connectivity index is 1.66. The number of ether oxygens (including phenoxy) is 1. The van der Waals surface area contributed by atoms with Gasteiger partial charge in [0, 0.05) is 33.7 Å². The van der Waals surface area contributed by atoms with Gasteiger partial charge in [0.2, 0.25) is 5.91 Å². The Hall–Kier alpha value is -2.52. The smallest absolute Gasteiger partial charge is 0.332 e. The van der Waals surface area contributed by atoms with Crippen LogP contribution in [0.2, 0.25) is 0 Å². The molecule has 156 valence electrons. The Morgan fingerprint density at radius 3 is 2.62 bits per heavy atom. The van der Waals surface area contributed by atoms with Crippen molar-refractivity contribution in [3.8, 4) is 0 Å². The molecule has 0 bridgehead atoms. The molecule has 2 aliphatic rings. The van der Waals surface area contributed by atoms with Crippen molar-refractivity contribution < 1.29 is 9.53 Å². The summed E-state index contributed by atoms with van der Waals surface area (Å²) in [5, 5.41) is 0.403. The third kappa shape index (κ3) is 3.72. The summed E-state index contributed by atoms with van der Waals surface area (Å²) < 4.78 is 7.84. The molecule has 9 nitrogen and oxygen atoms in total. The Kier molecular flexibility index (Phi) is 5.51. The first-order valence-electron chi connectivity index (χ1n) is 10.1. The van der Waals surface area contributed by atoms with Crippen LogP contribution in [0.15, 0.2) is 21.7 Å². The first-order valence-corrected chi connectivity index (χ1v) is 10.1. The first-order chi connectivity index (χ1) is 14.0. The van der Waals surface area contributed by atoms with E-state index >= 15 is 0 Å². The standard InChI is InChI=1S/C20H27N5O4/c1-22-18-14(19(27)23(2)20(22)28)6-7-15(21-18)16-5-3-4-8-25(16)17(26)13-24-9-11-29-12-10-24/h6-7,16H,3-5,8-13H2,1-2H3. The maximum absolute atomic E-state index is 13.0. The van der Waals surface area contributed by atoms with Crippen LogP contribution in [-0.4, -0.2) is 69.2 Å². The minimum Gasteiger partial charge on any atom is -0.379 e. The summed E-state index contributed by atoms with van der Waals surface area (Å²) in [6.45, 7) is 3.93. The van der Waals surface area contributed by atoms with Crippen LogP contribution in [0.1, 0.15) is 31.0 Å². The summed E-state index contributed by atoms with van der Waals surface area (Å²) in [5.74, 6) is 0.0939. The van der Waals surface area contributed by atoms with Crippen molar-refractivity contribution in [2.24, 2.45) is 14.1 Å². The fraction of sp³-hybridized carbons (Fsp3) is 0.600. The number of aryl methyl sites for hydroxylation is 1. The van der Waals surface area contributed by atoms with Crippen LogP contribution in [-0.2, 0) is 23.6 Å². The molecule has 0 saturated carbocycles. The number of pyridine rings is 1. The average Bonchev–Trinajstić information content (AvgIpc) is 2.76. The van der Waals surface area contributed by atoms with E-state index in [1.807, 2.05) is 11.0 Å². The predicted molar refractivity (Wildman–Crippen MR) is 108 cm³/mol. The van der Waals surface area contributed by atoms with E-state index in [0.717, 1.165) is 42.6 Å². The lowest BCUT2D eigenvalue weighted by molar-refractivity contribution is -0.137. The number of amides is 1. The molecule has 2 fully saturated rings. The fourth-order valence-corrected chi connectivity index (χ4v) is 4.23. The van der Waals surface area contributed by atoms with Crippen LogP contribution >= 0.6 is 0 Å². The monoisotopic (exact) mass is 401 g/mol. The molecule has 4 rings (SSSR count). The second-order valence-corrected chi connectivity index (χ2v) is 7.80. The largest absolute Gasteiger partial charge is 0.379 e. The number of likely N-dealkylation sites (tertiary alicyclic amines) is 1. The zero-order chi connectivity index (χ0) is 20.5. The Labute approximate surface area is 168 Å². The molecule has 9 heteroatoms. The zero-order valence-electron chi connectivity index (χ0n) is 17.0. The molecule has 2 aromatic heterocycles. The van der Waals surface area contributed by atoms with Gasteiger partial charge in [-0.05, 0) is 31.4 Å². The van der Waals surface area contributed by atoms with Gasteiger partial charge in [0.25, 0.3) is 5.56 Å². The van der Waals surface area contributed by atoms with E-state index in [4.69, 9.17) is 4.74 Å². The quantitative estimate of drug-likeness (QED) is 0.720. The molecule has 1 unspecified atom stereocenters. The van der Waals surface area contributed by atoms with Crippen molar-refractivity contribution in [3.05, 3.63) is 38.7 Å². The van der Waals surface area contributed by atoms with Crippen LogP contribution in [0.4, 0.5) is 0 Å². The molecule has 0 N–H and O–H groups in total. The van der Waals surface area contributed by atoms with Gasteiger partial charge in [0.05, 0.1) is 36.9 Å². The second-order valence-electron chi connectivity index (χ2n) is 7.80. The molecular weight excluding hydrogens is 374 g/mol. The molecule has 0 aliphatic carbocycles. The highest BCUT2D eigenvalue weighted by Crippen LogP contribution is 2.30. The van der Waals surface area contributed by atoms with E-state index in [9.17, 15) is 14.4 Å². The summed E-state index contributed by atoms with van der Waals surface area (Å²) in [5.41, 5.74) is 0.333. The van der Waals surface area contributed by atoms with Crippen molar-refractivity contribution in [1.82, 2.24) is 23.9 Å². The van der Waals surface area contributed by atoms with Crippen LogP contribution in [0.3, 0.4) is 0 Å². The SMILES string of the molecule is Cn1c(=O)c2ccc(C3CCCCN3C(=O)CN3CCOCC3)nc2n(C)c1=O. The van der Waals surface area contributed by atoms with Crippen LogP contribution < -0.4 is 11.2 Å². The summed E-state index contributed by atoms with van der Waals surface area (Å²) in [6, 6.07) is 3.40. The summed E-state index contributed by atoms with van der Waals surface area (Å²) in [7, 11) is 3.08. The molecule has 0 radical (unpaired) electrons. The zero-order valence-corrected chi connectivity index (χ0v) is 17.0. The maximum Gasteiger partial charge on any atom is 0.332 e. The van der Waals surface area contributed by atoms with E-state index in [2.05, 4.69) is 9.88 Å². The molecule has 2 aliphatic heterocycles. The molecule has 2 saturated heterocycles. The normalized spacial score (nSPS) is 20.9. The maximum atomic E-state index is 13.0. The Morgan fingerprint density at radius 1 is 1.10 bits per heavy atom. The van der Waals surface area contributed by atoms with Gasteiger partial charge in [-0.25, -0.2) is 9.78 Å². The second kappa shape index (κ2) is 8.08. The van der Waals surface area contributed by atoms with Gasteiger partial charge in [-0.15, -0.1) is 0 Å². The van der Waals surface area contributed by atoms with Crippen molar-refractivity contribution in [2.45, 2.75) is 25.3 Å². The lowest BCUT2D eigenvalue weighted by Crippen LogP contribution is -2.47. The Morgan fingerprint density at radius 2 is 1.86 bits per heavy atom. The van der Waals surface area contributed by atoms with E-state index in [-0.39, 0.29) is 17.5 Å². The van der Waals surface area contributed by atoms with Crippen LogP contribution in [0.25, 0.3) is 11.0 Å². The van der Waals surface area contributed by atoms with Crippen LogP contribution in [0, 0.1) is 0 Å². The van der Waals surface area contributed by atoms with Gasteiger partial charge in [-0.3, -0.25) is 23.6 Å². The van der Waals surface area contributed by atoms with Crippen molar-refractivity contribution in [3.63, 3.8) is 0 Å². The highest BCUT2D eigenvalue weighted by Gasteiger charge is 2.30. The molecule has 0 spiro atoms. The molecule has 4 heterocycles. The molecule has 2 aromatic rings. The lowest BCUT2D eigenvalue weighted by atomic mass is 9.98. The van der Waals surface area contributed by atoms with Gasteiger partial charge < -0.3 is 9.64 Å². The Bertz CT molecular complexity index is 1040. The number of rotatable bonds is 3. The minimum atomic E-state index is -0.406. The third-order valence-electron chi connectivity index (χ3n) is 5.95.